The third-order valence-electron chi connectivity index (χ3n) is 2.36. The fourth-order valence-electron chi connectivity index (χ4n) is 1.59. The quantitative estimate of drug-likeness (QED) is 0.642. The monoisotopic (exact) mass is 191 g/mol. The average molecular weight is 191 g/mol. The molecular formula is C12H19Si. The van der Waals surface area contributed by atoms with Crippen LogP contribution in [0.4, 0.5) is 0 Å². The van der Waals surface area contributed by atoms with Crippen molar-refractivity contribution >= 4 is 14.0 Å². The highest BCUT2D eigenvalue weighted by atomic mass is 28.3. The third-order valence-corrected chi connectivity index (χ3v) is 3.92. The average Bonchev–Trinajstić information content (AvgIpc) is 2.15. The number of rotatable bonds is 4. The minimum atomic E-state index is -0.272. The Bertz CT molecular complexity index is 253. The maximum absolute atomic E-state index is 2.37. The Morgan fingerprint density at radius 3 is 2.46 bits per heavy atom. The molecule has 0 spiro atoms. The van der Waals surface area contributed by atoms with Crippen molar-refractivity contribution in [2.24, 2.45) is 0 Å². The molecule has 0 aliphatic carbocycles. The van der Waals surface area contributed by atoms with Gasteiger partial charge in [-0.15, -0.1) is 0 Å². The zero-order valence-electron chi connectivity index (χ0n) is 8.93. The summed E-state index contributed by atoms with van der Waals surface area (Å²) in [6.45, 7) is 7.00. The smallest absolute Gasteiger partial charge is 0.0671 e. The molecule has 1 radical (unpaired) electrons. The first-order chi connectivity index (χ1) is 6.25. The lowest BCUT2D eigenvalue weighted by Crippen LogP contribution is -2.26. The number of unbranched alkanes of at least 4 members (excludes halogenated alkanes) is 1. The summed E-state index contributed by atoms with van der Waals surface area (Å²) in [6, 6.07) is 8.93. The van der Waals surface area contributed by atoms with Gasteiger partial charge in [0.05, 0.1) is 8.80 Å². The largest absolute Gasteiger partial charge is 0.0795 e. The fraction of sp³-hybridized carbons (Fsp3) is 0.500. The Hall–Kier alpha value is -0.563. The van der Waals surface area contributed by atoms with Crippen molar-refractivity contribution in [3.8, 4) is 0 Å². The molecule has 0 saturated heterocycles. The van der Waals surface area contributed by atoms with Gasteiger partial charge in [-0.2, -0.15) is 0 Å². The first kappa shape index (κ1) is 10.5. The predicted octanol–water partition coefficient (Wildman–Crippen LogP) is 2.99. The zero-order chi connectivity index (χ0) is 9.68. The van der Waals surface area contributed by atoms with Gasteiger partial charge in [0.25, 0.3) is 0 Å². The van der Waals surface area contributed by atoms with E-state index in [9.17, 15) is 0 Å². The molecule has 0 bridgehead atoms. The predicted molar refractivity (Wildman–Crippen MR) is 62.2 cm³/mol. The van der Waals surface area contributed by atoms with Gasteiger partial charge in [0.15, 0.2) is 0 Å². The van der Waals surface area contributed by atoms with Crippen molar-refractivity contribution in [2.45, 2.75) is 39.3 Å². The highest BCUT2D eigenvalue weighted by molar-refractivity contribution is 6.71. The fourth-order valence-corrected chi connectivity index (χ4v) is 2.87. The second-order valence-electron chi connectivity index (χ2n) is 3.76. The topological polar surface area (TPSA) is 0 Å². The summed E-state index contributed by atoms with van der Waals surface area (Å²) in [5.74, 6) is 0. The molecule has 1 heteroatoms. The van der Waals surface area contributed by atoms with Crippen LogP contribution in [0.2, 0.25) is 13.1 Å². The van der Waals surface area contributed by atoms with Gasteiger partial charge in [-0.1, -0.05) is 55.9 Å². The number of benzene rings is 1. The molecule has 1 rings (SSSR count). The standard InChI is InChI=1S/C12H19Si/c1-4-5-8-11-9-6-7-10-12(11)13(2)3/h6-7,9-10H,4-5,8H2,1-3H3. The number of hydrogen-bond donors (Lipinski definition) is 0. The van der Waals surface area contributed by atoms with Gasteiger partial charge in [0, 0.05) is 0 Å². The van der Waals surface area contributed by atoms with E-state index in [0.717, 1.165) is 0 Å². The van der Waals surface area contributed by atoms with Gasteiger partial charge >= 0.3 is 0 Å². The Kier molecular flexibility index (Phi) is 4.23. The van der Waals surface area contributed by atoms with E-state index in [2.05, 4.69) is 44.3 Å². The van der Waals surface area contributed by atoms with E-state index in [1.165, 1.54) is 19.3 Å². The normalized spacial score (nSPS) is 10.8. The molecule has 0 heterocycles. The van der Waals surface area contributed by atoms with Crippen molar-refractivity contribution < 1.29 is 0 Å². The van der Waals surface area contributed by atoms with Crippen LogP contribution in [-0.2, 0) is 6.42 Å². The molecular weight excluding hydrogens is 172 g/mol. The molecule has 1 aromatic carbocycles. The molecule has 0 aliphatic rings. The lowest BCUT2D eigenvalue weighted by Gasteiger charge is -2.10. The van der Waals surface area contributed by atoms with E-state index in [0.29, 0.717) is 0 Å². The van der Waals surface area contributed by atoms with Crippen molar-refractivity contribution in [3.63, 3.8) is 0 Å². The summed E-state index contributed by atoms with van der Waals surface area (Å²) in [5.41, 5.74) is 1.59. The van der Waals surface area contributed by atoms with Crippen molar-refractivity contribution in [3.05, 3.63) is 29.8 Å². The zero-order valence-corrected chi connectivity index (χ0v) is 9.93. The molecule has 13 heavy (non-hydrogen) atoms. The molecule has 0 amide bonds. The molecule has 0 saturated carbocycles. The van der Waals surface area contributed by atoms with Crippen LogP contribution in [-0.4, -0.2) is 8.80 Å². The molecule has 0 aliphatic heterocycles. The lowest BCUT2D eigenvalue weighted by molar-refractivity contribution is 0.797. The molecule has 0 aromatic heterocycles. The first-order valence-corrected chi connectivity index (χ1v) is 7.64. The van der Waals surface area contributed by atoms with E-state index in [1.54, 1.807) is 10.8 Å². The van der Waals surface area contributed by atoms with Crippen molar-refractivity contribution in [2.75, 3.05) is 0 Å². The highest BCUT2D eigenvalue weighted by Crippen LogP contribution is 2.03. The molecule has 0 unspecified atom stereocenters. The van der Waals surface area contributed by atoms with Gasteiger partial charge in [-0.05, 0) is 18.4 Å². The molecule has 0 atom stereocenters. The first-order valence-electron chi connectivity index (χ1n) is 5.14. The van der Waals surface area contributed by atoms with Crippen LogP contribution >= 0.6 is 0 Å². The lowest BCUT2D eigenvalue weighted by atomic mass is 10.1. The Labute approximate surface area is 83.6 Å². The van der Waals surface area contributed by atoms with Crippen LogP contribution in [0.3, 0.4) is 0 Å². The van der Waals surface area contributed by atoms with Gasteiger partial charge in [0.1, 0.15) is 0 Å². The minimum Gasteiger partial charge on any atom is -0.0671 e. The summed E-state index contributed by atoms with van der Waals surface area (Å²) in [4.78, 5) is 0. The van der Waals surface area contributed by atoms with Crippen molar-refractivity contribution in [1.82, 2.24) is 0 Å². The maximum Gasteiger partial charge on any atom is 0.0795 e. The van der Waals surface area contributed by atoms with E-state index in [1.807, 2.05) is 0 Å². The van der Waals surface area contributed by atoms with E-state index >= 15 is 0 Å². The highest BCUT2D eigenvalue weighted by Gasteiger charge is 2.05. The van der Waals surface area contributed by atoms with Crippen LogP contribution in [0.25, 0.3) is 0 Å². The molecule has 71 valence electrons. The van der Waals surface area contributed by atoms with E-state index in [-0.39, 0.29) is 8.80 Å². The van der Waals surface area contributed by atoms with Crippen LogP contribution in [0.5, 0.6) is 0 Å². The van der Waals surface area contributed by atoms with Crippen LogP contribution in [0, 0.1) is 0 Å². The van der Waals surface area contributed by atoms with Crippen LogP contribution < -0.4 is 5.19 Å². The van der Waals surface area contributed by atoms with Gasteiger partial charge < -0.3 is 0 Å². The number of aryl methyl sites for hydroxylation is 1. The minimum absolute atomic E-state index is 0.272. The second kappa shape index (κ2) is 5.23. The second-order valence-corrected chi connectivity index (χ2v) is 6.30. The van der Waals surface area contributed by atoms with E-state index < -0.39 is 0 Å². The van der Waals surface area contributed by atoms with Crippen molar-refractivity contribution in [1.29, 1.82) is 0 Å². The van der Waals surface area contributed by atoms with Crippen LogP contribution in [0.1, 0.15) is 25.3 Å². The molecule has 0 N–H and O–H groups in total. The number of hydrogen-bond acceptors (Lipinski definition) is 0. The molecule has 1 aromatic rings. The summed E-state index contributed by atoms with van der Waals surface area (Å²) in [5, 5.41) is 1.63. The Balaban J connectivity index is 2.78. The summed E-state index contributed by atoms with van der Waals surface area (Å²) in [6.07, 6.45) is 3.89. The Morgan fingerprint density at radius 1 is 1.15 bits per heavy atom. The van der Waals surface area contributed by atoms with Gasteiger partial charge in [-0.25, -0.2) is 0 Å². The maximum atomic E-state index is 2.37. The van der Waals surface area contributed by atoms with Gasteiger partial charge in [-0.3, -0.25) is 0 Å². The Morgan fingerprint density at radius 2 is 1.85 bits per heavy atom. The van der Waals surface area contributed by atoms with E-state index in [4.69, 9.17) is 0 Å². The SMILES string of the molecule is CCCCc1ccccc1[Si](C)C. The summed E-state index contributed by atoms with van der Waals surface area (Å²) in [7, 11) is -0.272. The van der Waals surface area contributed by atoms with Crippen LogP contribution in [0.15, 0.2) is 24.3 Å². The molecule has 0 fully saturated rings. The summed E-state index contributed by atoms with van der Waals surface area (Å²) >= 11 is 0. The summed E-state index contributed by atoms with van der Waals surface area (Å²) < 4.78 is 0. The third kappa shape index (κ3) is 3.00. The van der Waals surface area contributed by atoms with Gasteiger partial charge in [0.2, 0.25) is 0 Å². The molecule has 0 nitrogen and oxygen atoms in total.